The summed E-state index contributed by atoms with van der Waals surface area (Å²) in [5, 5.41) is 10.00. The Morgan fingerprint density at radius 1 is 1.30 bits per heavy atom. The second-order valence-corrected chi connectivity index (χ2v) is 4.67. The van der Waals surface area contributed by atoms with Crippen LogP contribution in [-0.4, -0.2) is 17.6 Å². The summed E-state index contributed by atoms with van der Waals surface area (Å²) in [7, 11) is 0. The van der Waals surface area contributed by atoms with Crippen molar-refractivity contribution in [2.24, 2.45) is 0 Å². The zero-order valence-corrected chi connectivity index (χ0v) is 12.0. The standard InChI is InChI=1S/C15H19N3O2/c1-4-16-15(19)12-6-5-10(2)14(8-12)17-9-13-7-11(3)20-18-13/h5-8,17H,4,9H2,1-3H3,(H,16,19). The van der Waals surface area contributed by atoms with Crippen LogP contribution in [0.15, 0.2) is 28.8 Å². The monoisotopic (exact) mass is 273 g/mol. The molecule has 0 radical (unpaired) electrons. The molecule has 0 fully saturated rings. The van der Waals surface area contributed by atoms with Crippen LogP contribution in [0.4, 0.5) is 5.69 Å². The first kappa shape index (κ1) is 14.1. The Labute approximate surface area is 118 Å². The molecule has 0 spiro atoms. The Kier molecular flexibility index (Phi) is 4.40. The van der Waals surface area contributed by atoms with Crippen LogP contribution in [-0.2, 0) is 6.54 Å². The Bertz CT molecular complexity index is 605. The highest BCUT2D eigenvalue weighted by Crippen LogP contribution is 2.18. The second-order valence-electron chi connectivity index (χ2n) is 4.67. The van der Waals surface area contributed by atoms with E-state index in [1.165, 1.54) is 0 Å². The van der Waals surface area contributed by atoms with Gasteiger partial charge in [-0.1, -0.05) is 11.2 Å². The maximum atomic E-state index is 11.8. The van der Waals surface area contributed by atoms with Gasteiger partial charge in [-0.25, -0.2) is 0 Å². The van der Waals surface area contributed by atoms with Gasteiger partial charge < -0.3 is 15.2 Å². The van der Waals surface area contributed by atoms with Crippen LogP contribution < -0.4 is 10.6 Å². The van der Waals surface area contributed by atoms with E-state index in [-0.39, 0.29) is 5.91 Å². The predicted octanol–water partition coefficient (Wildman–Crippen LogP) is 2.65. The number of hydrogen-bond donors (Lipinski definition) is 2. The summed E-state index contributed by atoms with van der Waals surface area (Å²) in [6.45, 7) is 6.94. The smallest absolute Gasteiger partial charge is 0.251 e. The number of nitrogens with one attached hydrogen (secondary N) is 2. The van der Waals surface area contributed by atoms with Crippen molar-refractivity contribution >= 4 is 11.6 Å². The topological polar surface area (TPSA) is 67.2 Å². The molecule has 2 aromatic rings. The molecular weight excluding hydrogens is 254 g/mol. The normalized spacial score (nSPS) is 10.3. The number of rotatable bonds is 5. The van der Waals surface area contributed by atoms with Gasteiger partial charge in [0.05, 0.1) is 6.54 Å². The summed E-state index contributed by atoms with van der Waals surface area (Å²) in [6.07, 6.45) is 0. The third-order valence-corrected chi connectivity index (χ3v) is 2.97. The van der Waals surface area contributed by atoms with Crippen molar-refractivity contribution in [2.45, 2.75) is 27.3 Å². The van der Waals surface area contributed by atoms with Crippen LogP contribution in [0.3, 0.4) is 0 Å². The Morgan fingerprint density at radius 2 is 2.10 bits per heavy atom. The molecule has 0 aliphatic rings. The van der Waals surface area contributed by atoms with Gasteiger partial charge >= 0.3 is 0 Å². The minimum atomic E-state index is -0.0622. The highest BCUT2D eigenvalue weighted by molar-refractivity contribution is 5.95. The maximum absolute atomic E-state index is 11.8. The van der Waals surface area contributed by atoms with Gasteiger partial charge in [-0.3, -0.25) is 4.79 Å². The molecule has 5 heteroatoms. The van der Waals surface area contributed by atoms with Crippen molar-refractivity contribution in [3.63, 3.8) is 0 Å². The number of carbonyl (C=O) groups excluding carboxylic acids is 1. The summed E-state index contributed by atoms with van der Waals surface area (Å²) >= 11 is 0. The maximum Gasteiger partial charge on any atom is 0.251 e. The number of hydrogen-bond acceptors (Lipinski definition) is 4. The van der Waals surface area contributed by atoms with Crippen LogP contribution >= 0.6 is 0 Å². The van der Waals surface area contributed by atoms with E-state index < -0.39 is 0 Å². The lowest BCUT2D eigenvalue weighted by Crippen LogP contribution is -2.22. The molecule has 1 amide bonds. The predicted molar refractivity (Wildman–Crippen MR) is 77.8 cm³/mol. The minimum Gasteiger partial charge on any atom is -0.379 e. The molecule has 0 bridgehead atoms. The van der Waals surface area contributed by atoms with Gasteiger partial charge in [0.2, 0.25) is 0 Å². The third-order valence-electron chi connectivity index (χ3n) is 2.97. The lowest BCUT2D eigenvalue weighted by Gasteiger charge is -2.10. The Balaban J connectivity index is 2.10. The Hall–Kier alpha value is -2.30. The highest BCUT2D eigenvalue weighted by atomic mass is 16.5. The van der Waals surface area contributed by atoms with E-state index in [4.69, 9.17) is 4.52 Å². The number of anilines is 1. The van der Waals surface area contributed by atoms with Crippen LogP contribution in [0, 0.1) is 13.8 Å². The van der Waals surface area contributed by atoms with Crippen molar-refractivity contribution in [3.05, 3.63) is 46.8 Å². The van der Waals surface area contributed by atoms with Gasteiger partial charge in [0.15, 0.2) is 0 Å². The van der Waals surface area contributed by atoms with Crippen LogP contribution in [0.25, 0.3) is 0 Å². The molecule has 0 saturated heterocycles. The zero-order chi connectivity index (χ0) is 14.5. The summed E-state index contributed by atoms with van der Waals surface area (Å²) in [4.78, 5) is 11.8. The van der Waals surface area contributed by atoms with Gasteiger partial charge in [-0.15, -0.1) is 0 Å². The van der Waals surface area contributed by atoms with E-state index in [9.17, 15) is 4.79 Å². The average Bonchev–Trinajstić information content (AvgIpc) is 2.84. The van der Waals surface area contributed by atoms with Gasteiger partial charge in [0.1, 0.15) is 11.5 Å². The molecule has 106 valence electrons. The lowest BCUT2D eigenvalue weighted by atomic mass is 10.1. The van der Waals surface area contributed by atoms with Crippen molar-refractivity contribution in [1.82, 2.24) is 10.5 Å². The first-order chi connectivity index (χ1) is 9.60. The van der Waals surface area contributed by atoms with Crippen LogP contribution in [0.1, 0.15) is 34.3 Å². The minimum absolute atomic E-state index is 0.0622. The van der Waals surface area contributed by atoms with Crippen molar-refractivity contribution < 1.29 is 9.32 Å². The molecule has 0 aliphatic carbocycles. The van der Waals surface area contributed by atoms with Gasteiger partial charge in [0.25, 0.3) is 5.91 Å². The molecule has 20 heavy (non-hydrogen) atoms. The number of benzene rings is 1. The van der Waals surface area contributed by atoms with Crippen molar-refractivity contribution in [2.75, 3.05) is 11.9 Å². The molecule has 5 nitrogen and oxygen atoms in total. The van der Waals surface area contributed by atoms with E-state index in [1.807, 2.05) is 45.0 Å². The number of nitrogens with zero attached hydrogens (tertiary/aromatic N) is 1. The summed E-state index contributed by atoms with van der Waals surface area (Å²) in [5.41, 5.74) is 3.49. The molecular formula is C15H19N3O2. The molecule has 0 unspecified atom stereocenters. The first-order valence-corrected chi connectivity index (χ1v) is 6.65. The number of amides is 1. The molecule has 1 heterocycles. The molecule has 0 atom stereocenters. The first-order valence-electron chi connectivity index (χ1n) is 6.65. The van der Waals surface area contributed by atoms with Crippen molar-refractivity contribution in [3.8, 4) is 0 Å². The van der Waals surface area contributed by atoms with E-state index in [1.54, 1.807) is 0 Å². The van der Waals surface area contributed by atoms with E-state index in [2.05, 4.69) is 15.8 Å². The third kappa shape index (κ3) is 3.38. The molecule has 2 rings (SSSR count). The van der Waals surface area contributed by atoms with Crippen molar-refractivity contribution in [1.29, 1.82) is 0 Å². The van der Waals surface area contributed by atoms with Crippen LogP contribution in [0.5, 0.6) is 0 Å². The molecule has 0 saturated carbocycles. The van der Waals surface area contributed by atoms with Gasteiger partial charge in [-0.05, 0) is 38.5 Å². The zero-order valence-electron chi connectivity index (χ0n) is 12.0. The lowest BCUT2D eigenvalue weighted by molar-refractivity contribution is 0.0956. The fourth-order valence-electron chi connectivity index (χ4n) is 1.90. The van der Waals surface area contributed by atoms with E-state index >= 15 is 0 Å². The molecule has 2 N–H and O–H groups in total. The summed E-state index contributed by atoms with van der Waals surface area (Å²) in [6, 6.07) is 7.50. The highest BCUT2D eigenvalue weighted by Gasteiger charge is 2.08. The average molecular weight is 273 g/mol. The molecule has 1 aromatic carbocycles. The number of carbonyl (C=O) groups is 1. The fourth-order valence-corrected chi connectivity index (χ4v) is 1.90. The summed E-state index contributed by atoms with van der Waals surface area (Å²) < 4.78 is 5.02. The molecule has 0 aliphatic heterocycles. The number of aromatic nitrogens is 1. The second kappa shape index (κ2) is 6.23. The summed E-state index contributed by atoms with van der Waals surface area (Å²) in [5.74, 6) is 0.724. The SMILES string of the molecule is CCNC(=O)c1ccc(C)c(NCc2cc(C)on2)c1. The van der Waals surface area contributed by atoms with Crippen LogP contribution in [0.2, 0.25) is 0 Å². The van der Waals surface area contributed by atoms with E-state index in [0.717, 1.165) is 22.7 Å². The van der Waals surface area contributed by atoms with E-state index in [0.29, 0.717) is 18.7 Å². The fraction of sp³-hybridized carbons (Fsp3) is 0.333. The van der Waals surface area contributed by atoms with Gasteiger partial charge in [0, 0.05) is 23.9 Å². The largest absolute Gasteiger partial charge is 0.379 e. The number of aryl methyl sites for hydroxylation is 2. The van der Waals surface area contributed by atoms with Gasteiger partial charge in [-0.2, -0.15) is 0 Å². The molecule has 1 aromatic heterocycles. The Morgan fingerprint density at radius 3 is 2.75 bits per heavy atom. The quantitative estimate of drug-likeness (QED) is 0.879.